The number of hydrogen-bond acceptors (Lipinski definition) is 7. The molecule has 0 spiro atoms. The fourth-order valence-electron chi connectivity index (χ4n) is 3.27. The molecule has 0 saturated heterocycles. The average Bonchev–Trinajstić information content (AvgIpc) is 3.41. The number of benzene rings is 1. The zero-order valence-corrected chi connectivity index (χ0v) is 19.2. The third kappa shape index (κ3) is 4.02. The lowest BCUT2D eigenvalue weighted by Gasteiger charge is -2.17. The maximum Gasteiger partial charge on any atom is 0.235 e. The number of ketones is 1. The van der Waals surface area contributed by atoms with Crippen molar-refractivity contribution in [3.05, 3.63) is 78.9 Å². The van der Waals surface area contributed by atoms with Crippen molar-refractivity contribution in [2.75, 3.05) is 11.5 Å². The van der Waals surface area contributed by atoms with E-state index in [1.165, 1.54) is 0 Å². The van der Waals surface area contributed by atoms with Crippen LogP contribution in [-0.4, -0.2) is 37.1 Å². The highest BCUT2D eigenvalue weighted by atomic mass is 32.2. The molecule has 0 unspecified atom stereocenters. The van der Waals surface area contributed by atoms with Crippen molar-refractivity contribution < 1.29 is 8.98 Å². The second-order valence-electron chi connectivity index (χ2n) is 6.94. The number of imidazole rings is 1. The molecule has 162 valence electrons. The average molecular weight is 465 g/mol. The van der Waals surface area contributed by atoms with Gasteiger partial charge in [0.1, 0.15) is 16.7 Å². The monoisotopic (exact) mass is 464 g/mol. The highest BCUT2D eigenvalue weighted by Crippen LogP contribution is 2.25. The first-order chi connectivity index (χ1) is 15.1. The Hall–Kier alpha value is -3.50. The minimum atomic E-state index is 0. The first kappa shape index (κ1) is 21.7. The maximum absolute atomic E-state index is 11.5. The van der Waals surface area contributed by atoms with Crippen LogP contribution in [0, 0.1) is 0 Å². The van der Waals surface area contributed by atoms with Gasteiger partial charge in [0.2, 0.25) is 5.88 Å². The molecule has 0 aliphatic heterocycles. The fraction of sp³-hybridized carbons (Fsp3) is 0.0909. The van der Waals surface area contributed by atoms with Crippen LogP contribution >= 0.6 is 25.7 Å². The fourth-order valence-corrected chi connectivity index (χ4v) is 3.77. The smallest absolute Gasteiger partial charge is 0.235 e. The van der Waals surface area contributed by atoms with E-state index in [0.717, 1.165) is 40.0 Å². The van der Waals surface area contributed by atoms with E-state index in [1.807, 2.05) is 66.2 Å². The molecule has 5 rings (SSSR count). The molecule has 8 nitrogen and oxygen atoms in total. The van der Waals surface area contributed by atoms with Crippen LogP contribution in [-0.2, 0) is 0 Å². The summed E-state index contributed by atoms with van der Waals surface area (Å²) in [5.74, 6) is 0.663. The predicted octanol–water partition coefficient (Wildman–Crippen LogP) is 4.27. The van der Waals surface area contributed by atoms with Gasteiger partial charge in [-0.3, -0.25) is 14.2 Å². The predicted molar refractivity (Wildman–Crippen MR) is 131 cm³/mol. The molecule has 10 heteroatoms. The quantitative estimate of drug-likeness (QED) is 0.211. The number of Topliss-reactive ketones (excluding diaryl/α,β-unsaturated/α-hetero) is 1. The van der Waals surface area contributed by atoms with Gasteiger partial charge in [0.15, 0.2) is 18.0 Å². The summed E-state index contributed by atoms with van der Waals surface area (Å²) >= 11 is 1.14. The molecule has 0 atom stereocenters. The molecule has 0 radical (unpaired) electrons. The first-order valence-electron chi connectivity index (χ1n) is 9.56. The number of aromatic nitrogens is 5. The Morgan fingerprint density at radius 1 is 1.03 bits per heavy atom. The van der Waals surface area contributed by atoms with Crippen LogP contribution < -0.4 is 8.60 Å². The normalized spacial score (nSPS) is 10.8. The van der Waals surface area contributed by atoms with Crippen molar-refractivity contribution in [3.8, 4) is 17.0 Å². The maximum atomic E-state index is 11.5. The minimum absolute atomic E-state index is 0. The minimum Gasteiger partial charge on any atom is -0.383 e. The number of nitrogens with zero attached hydrogens (tertiary/aromatic N) is 6. The second kappa shape index (κ2) is 8.93. The molecule has 32 heavy (non-hydrogen) atoms. The molecular formula is C22H20N6O2S2. The summed E-state index contributed by atoms with van der Waals surface area (Å²) in [5, 5.41) is 4.44. The van der Waals surface area contributed by atoms with E-state index >= 15 is 0 Å². The van der Waals surface area contributed by atoms with Crippen molar-refractivity contribution in [2.45, 2.75) is 6.92 Å². The van der Waals surface area contributed by atoms with Crippen molar-refractivity contribution >= 4 is 48.2 Å². The van der Waals surface area contributed by atoms with Crippen LogP contribution in [0.4, 0.5) is 0 Å². The number of carbonyl (C=O) groups is 1. The van der Waals surface area contributed by atoms with Crippen LogP contribution in [0.1, 0.15) is 17.3 Å². The number of rotatable bonds is 6. The molecule has 0 fully saturated rings. The molecule has 0 N–H and O–H groups in total. The van der Waals surface area contributed by atoms with E-state index in [0.29, 0.717) is 11.4 Å². The van der Waals surface area contributed by atoms with E-state index in [9.17, 15) is 4.79 Å². The Balaban J connectivity index is 0.00000245. The SMILES string of the molecule is CC(=O)c1ccc(-c2cnc3cnn(N(C)SOc4cnc5ccccn45)c3c2)cc1.S. The molecule has 1 aromatic carbocycles. The van der Waals surface area contributed by atoms with Gasteiger partial charge >= 0.3 is 0 Å². The zero-order valence-electron chi connectivity index (χ0n) is 17.3. The number of pyridine rings is 2. The zero-order chi connectivity index (χ0) is 21.4. The van der Waals surface area contributed by atoms with Gasteiger partial charge in [-0.25, -0.2) is 9.40 Å². The van der Waals surface area contributed by atoms with Gasteiger partial charge in [-0.05, 0) is 30.7 Å². The van der Waals surface area contributed by atoms with E-state index in [1.54, 1.807) is 34.7 Å². The third-order valence-corrected chi connectivity index (χ3v) is 5.52. The molecule has 0 aliphatic carbocycles. The number of fused-ring (bicyclic) bond motifs is 2. The molecular weight excluding hydrogens is 444 g/mol. The lowest BCUT2D eigenvalue weighted by Crippen LogP contribution is -2.24. The summed E-state index contributed by atoms with van der Waals surface area (Å²) in [6, 6.07) is 15.3. The molecule has 0 saturated carbocycles. The van der Waals surface area contributed by atoms with Crippen molar-refractivity contribution in [3.63, 3.8) is 0 Å². The standard InChI is InChI=1S/C22H18N6O2S.H2S/c1-15(29)16-6-8-17(9-7-16)18-11-20-19(23-12-18)13-25-28(20)26(2)31-30-22-14-24-21-5-3-4-10-27(21)22;/h3-14H,1-2H3;1H2. The summed E-state index contributed by atoms with van der Waals surface area (Å²) < 4.78 is 9.51. The summed E-state index contributed by atoms with van der Waals surface area (Å²) in [6.45, 7) is 1.56. The van der Waals surface area contributed by atoms with Crippen molar-refractivity contribution in [2.24, 2.45) is 0 Å². The van der Waals surface area contributed by atoms with E-state index < -0.39 is 0 Å². The highest BCUT2D eigenvalue weighted by molar-refractivity contribution is 7.96. The van der Waals surface area contributed by atoms with Gasteiger partial charge < -0.3 is 4.18 Å². The Labute approximate surface area is 195 Å². The van der Waals surface area contributed by atoms with Gasteiger partial charge in [-0.2, -0.15) is 23.4 Å². The molecule has 4 aromatic heterocycles. The Morgan fingerprint density at radius 3 is 2.62 bits per heavy atom. The second-order valence-corrected chi connectivity index (χ2v) is 7.79. The lowest BCUT2D eigenvalue weighted by molar-refractivity contribution is 0.101. The van der Waals surface area contributed by atoms with Gasteiger partial charge in [0, 0.05) is 30.6 Å². The van der Waals surface area contributed by atoms with Gasteiger partial charge in [0.25, 0.3) is 0 Å². The van der Waals surface area contributed by atoms with Crippen LogP contribution in [0.25, 0.3) is 27.8 Å². The van der Waals surface area contributed by atoms with Crippen LogP contribution in [0.15, 0.2) is 73.3 Å². The van der Waals surface area contributed by atoms with Crippen molar-refractivity contribution in [1.29, 1.82) is 0 Å². The largest absolute Gasteiger partial charge is 0.383 e. The van der Waals surface area contributed by atoms with Gasteiger partial charge in [-0.1, -0.05) is 30.3 Å². The Kier molecular flexibility index (Phi) is 6.06. The topological polar surface area (TPSA) is 77.5 Å². The molecule has 4 heterocycles. The number of hydrogen-bond donors (Lipinski definition) is 0. The van der Waals surface area contributed by atoms with Crippen molar-refractivity contribution in [1.82, 2.24) is 24.3 Å². The van der Waals surface area contributed by atoms with Crippen LogP contribution in [0.2, 0.25) is 0 Å². The summed E-state index contributed by atoms with van der Waals surface area (Å²) in [5.41, 5.74) is 5.02. The molecule has 0 aliphatic rings. The molecule has 5 aromatic rings. The Morgan fingerprint density at radius 2 is 1.84 bits per heavy atom. The van der Waals surface area contributed by atoms with Crippen LogP contribution in [0.5, 0.6) is 5.88 Å². The molecule has 0 amide bonds. The van der Waals surface area contributed by atoms with E-state index in [-0.39, 0.29) is 19.3 Å². The lowest BCUT2D eigenvalue weighted by atomic mass is 10.0. The van der Waals surface area contributed by atoms with E-state index in [2.05, 4.69) is 15.1 Å². The molecule has 0 bridgehead atoms. The highest BCUT2D eigenvalue weighted by Gasteiger charge is 2.13. The summed E-state index contributed by atoms with van der Waals surface area (Å²) in [4.78, 5) is 22.1. The number of carbonyl (C=O) groups excluding carboxylic acids is 1. The summed E-state index contributed by atoms with van der Waals surface area (Å²) in [7, 11) is 1.86. The first-order valence-corrected chi connectivity index (χ1v) is 10.3. The third-order valence-electron chi connectivity index (χ3n) is 4.91. The summed E-state index contributed by atoms with van der Waals surface area (Å²) in [6.07, 6.45) is 7.10. The van der Waals surface area contributed by atoms with Gasteiger partial charge in [-0.15, -0.1) is 0 Å². The van der Waals surface area contributed by atoms with Gasteiger partial charge in [0.05, 0.1) is 12.4 Å². The van der Waals surface area contributed by atoms with Crippen LogP contribution in [0.3, 0.4) is 0 Å². The van der Waals surface area contributed by atoms with E-state index in [4.69, 9.17) is 4.18 Å². The Bertz CT molecular complexity index is 1400.